The zero-order chi connectivity index (χ0) is 12.0. The van der Waals surface area contributed by atoms with Crippen LogP contribution in [0.5, 0.6) is 11.5 Å². The van der Waals surface area contributed by atoms with Gasteiger partial charge in [-0.1, -0.05) is 0 Å². The molecule has 0 radical (unpaired) electrons. The molecule has 1 atom stereocenters. The Morgan fingerprint density at radius 3 is 2.65 bits per heavy atom. The third kappa shape index (κ3) is 1.48. The molecule has 1 N–H and O–H groups in total. The first kappa shape index (κ1) is 10.5. The van der Waals surface area contributed by atoms with E-state index in [1.807, 2.05) is 19.2 Å². The van der Waals surface area contributed by atoms with Crippen LogP contribution in [0, 0.1) is 6.92 Å². The zero-order valence-corrected chi connectivity index (χ0v) is 10.2. The van der Waals surface area contributed by atoms with Gasteiger partial charge in [-0.2, -0.15) is 0 Å². The van der Waals surface area contributed by atoms with Gasteiger partial charge >= 0.3 is 0 Å². The van der Waals surface area contributed by atoms with Crippen molar-refractivity contribution in [2.24, 2.45) is 0 Å². The first-order valence-corrected chi connectivity index (χ1v) is 5.70. The van der Waals surface area contributed by atoms with E-state index in [-0.39, 0.29) is 6.04 Å². The van der Waals surface area contributed by atoms with Crippen molar-refractivity contribution >= 4 is 11.0 Å². The summed E-state index contributed by atoms with van der Waals surface area (Å²) in [5.41, 5.74) is 2.00. The maximum Gasteiger partial charge on any atom is 0.231 e. The van der Waals surface area contributed by atoms with Gasteiger partial charge in [0.1, 0.15) is 11.3 Å². The van der Waals surface area contributed by atoms with Crippen LogP contribution >= 0.6 is 0 Å². The fourth-order valence-electron chi connectivity index (χ4n) is 2.17. The number of ether oxygens (including phenoxy) is 2. The quantitative estimate of drug-likeness (QED) is 0.866. The van der Waals surface area contributed by atoms with E-state index in [1.54, 1.807) is 0 Å². The summed E-state index contributed by atoms with van der Waals surface area (Å²) in [6, 6.07) is 4.08. The SMILES string of the molecule is CNC(C)c1oc2cc3c(cc2c1C)OCO3. The van der Waals surface area contributed by atoms with Crippen molar-refractivity contribution in [3.8, 4) is 11.5 Å². The Balaban J connectivity index is 2.20. The second-order valence-corrected chi connectivity index (χ2v) is 4.30. The van der Waals surface area contributed by atoms with E-state index in [0.29, 0.717) is 6.79 Å². The normalized spacial score (nSPS) is 15.5. The minimum Gasteiger partial charge on any atom is -0.459 e. The van der Waals surface area contributed by atoms with E-state index in [0.717, 1.165) is 33.8 Å². The Labute approximate surface area is 99.5 Å². The molecule has 1 unspecified atom stereocenters. The molecule has 0 spiro atoms. The third-order valence-corrected chi connectivity index (χ3v) is 3.29. The van der Waals surface area contributed by atoms with Gasteiger partial charge in [-0.15, -0.1) is 0 Å². The molecule has 0 amide bonds. The highest BCUT2D eigenvalue weighted by atomic mass is 16.7. The van der Waals surface area contributed by atoms with Crippen LogP contribution in [-0.2, 0) is 0 Å². The molecule has 3 rings (SSSR count). The molecule has 4 heteroatoms. The van der Waals surface area contributed by atoms with Crippen LogP contribution < -0.4 is 14.8 Å². The largest absolute Gasteiger partial charge is 0.459 e. The number of hydrogen-bond acceptors (Lipinski definition) is 4. The van der Waals surface area contributed by atoms with E-state index in [2.05, 4.69) is 19.2 Å². The first-order chi connectivity index (χ1) is 8.20. The predicted octanol–water partition coefficient (Wildman–Crippen LogP) is 2.75. The molecule has 0 bridgehead atoms. The second kappa shape index (κ2) is 3.67. The molecule has 0 saturated carbocycles. The maximum absolute atomic E-state index is 5.88. The Hall–Kier alpha value is -1.68. The van der Waals surface area contributed by atoms with E-state index in [9.17, 15) is 0 Å². The van der Waals surface area contributed by atoms with Crippen LogP contribution in [0.15, 0.2) is 16.5 Å². The van der Waals surface area contributed by atoms with Crippen LogP contribution in [0.4, 0.5) is 0 Å². The monoisotopic (exact) mass is 233 g/mol. The van der Waals surface area contributed by atoms with Gasteiger partial charge in [-0.25, -0.2) is 0 Å². The first-order valence-electron chi connectivity index (χ1n) is 5.70. The van der Waals surface area contributed by atoms with Crippen LogP contribution in [0.1, 0.15) is 24.3 Å². The van der Waals surface area contributed by atoms with Crippen LogP contribution in [0.2, 0.25) is 0 Å². The Bertz CT molecular complexity index is 574. The minimum atomic E-state index is 0.194. The average Bonchev–Trinajstić information content (AvgIpc) is 2.91. The minimum absolute atomic E-state index is 0.194. The van der Waals surface area contributed by atoms with Crippen molar-refractivity contribution in [1.29, 1.82) is 0 Å². The number of furan rings is 1. The lowest BCUT2D eigenvalue weighted by Gasteiger charge is -2.06. The van der Waals surface area contributed by atoms with Crippen molar-refractivity contribution in [2.75, 3.05) is 13.8 Å². The summed E-state index contributed by atoms with van der Waals surface area (Å²) in [7, 11) is 1.92. The summed E-state index contributed by atoms with van der Waals surface area (Å²) in [4.78, 5) is 0. The van der Waals surface area contributed by atoms with E-state index in [4.69, 9.17) is 13.9 Å². The summed E-state index contributed by atoms with van der Waals surface area (Å²) >= 11 is 0. The highest BCUT2D eigenvalue weighted by Crippen LogP contribution is 2.39. The molecule has 1 aliphatic heterocycles. The molecule has 1 aromatic heterocycles. The summed E-state index contributed by atoms with van der Waals surface area (Å²) in [6.45, 7) is 4.43. The second-order valence-electron chi connectivity index (χ2n) is 4.30. The topological polar surface area (TPSA) is 43.6 Å². The van der Waals surface area contributed by atoms with Gasteiger partial charge in [0.25, 0.3) is 0 Å². The van der Waals surface area contributed by atoms with Crippen LogP contribution in [0.25, 0.3) is 11.0 Å². The number of rotatable bonds is 2. The van der Waals surface area contributed by atoms with Gasteiger partial charge in [-0.3, -0.25) is 0 Å². The molecule has 2 aromatic rings. The zero-order valence-electron chi connectivity index (χ0n) is 10.2. The summed E-state index contributed by atoms with van der Waals surface area (Å²) < 4.78 is 16.6. The van der Waals surface area contributed by atoms with Crippen LogP contribution in [-0.4, -0.2) is 13.8 Å². The maximum atomic E-state index is 5.88. The lowest BCUT2D eigenvalue weighted by Crippen LogP contribution is -2.12. The fraction of sp³-hybridized carbons (Fsp3) is 0.385. The van der Waals surface area contributed by atoms with Gasteiger partial charge in [0.05, 0.1) is 6.04 Å². The lowest BCUT2D eigenvalue weighted by atomic mass is 10.1. The van der Waals surface area contributed by atoms with Gasteiger partial charge in [0, 0.05) is 17.0 Å². The number of fused-ring (bicyclic) bond motifs is 2. The molecule has 1 aromatic carbocycles. The van der Waals surface area contributed by atoms with E-state index < -0.39 is 0 Å². The molecule has 2 heterocycles. The van der Waals surface area contributed by atoms with E-state index >= 15 is 0 Å². The standard InChI is InChI=1S/C13H15NO3/c1-7-9-4-11-12(16-6-15-11)5-10(9)17-13(7)8(2)14-3/h4-5,8,14H,6H2,1-3H3. The number of benzene rings is 1. The third-order valence-electron chi connectivity index (χ3n) is 3.29. The average molecular weight is 233 g/mol. The molecule has 0 saturated heterocycles. The van der Waals surface area contributed by atoms with Gasteiger partial charge in [0.2, 0.25) is 6.79 Å². The van der Waals surface area contributed by atoms with Crippen molar-refractivity contribution < 1.29 is 13.9 Å². The van der Waals surface area contributed by atoms with E-state index in [1.165, 1.54) is 0 Å². The smallest absolute Gasteiger partial charge is 0.231 e. The highest BCUT2D eigenvalue weighted by Gasteiger charge is 2.20. The molecule has 1 aliphatic rings. The predicted molar refractivity (Wildman–Crippen MR) is 64.5 cm³/mol. The molecule has 17 heavy (non-hydrogen) atoms. The Kier molecular flexibility index (Phi) is 2.26. The molecule has 0 aliphatic carbocycles. The Morgan fingerprint density at radius 1 is 1.24 bits per heavy atom. The summed E-state index contributed by atoms with van der Waals surface area (Å²) in [6.07, 6.45) is 0. The van der Waals surface area contributed by atoms with Gasteiger partial charge in [-0.05, 0) is 27.0 Å². The van der Waals surface area contributed by atoms with Crippen molar-refractivity contribution in [3.05, 3.63) is 23.5 Å². The fourth-order valence-corrected chi connectivity index (χ4v) is 2.17. The lowest BCUT2D eigenvalue weighted by molar-refractivity contribution is 0.174. The Morgan fingerprint density at radius 2 is 1.94 bits per heavy atom. The number of nitrogens with one attached hydrogen (secondary N) is 1. The number of aryl methyl sites for hydroxylation is 1. The van der Waals surface area contributed by atoms with Crippen molar-refractivity contribution in [3.63, 3.8) is 0 Å². The molecule has 90 valence electrons. The van der Waals surface area contributed by atoms with Crippen LogP contribution in [0.3, 0.4) is 0 Å². The molecular formula is C13H15NO3. The molecule has 4 nitrogen and oxygen atoms in total. The van der Waals surface area contributed by atoms with Gasteiger partial charge < -0.3 is 19.2 Å². The van der Waals surface area contributed by atoms with Crippen molar-refractivity contribution in [2.45, 2.75) is 19.9 Å². The molecular weight excluding hydrogens is 218 g/mol. The molecule has 0 fully saturated rings. The van der Waals surface area contributed by atoms with Crippen molar-refractivity contribution in [1.82, 2.24) is 5.32 Å². The highest BCUT2D eigenvalue weighted by molar-refractivity contribution is 5.86. The summed E-state index contributed by atoms with van der Waals surface area (Å²) in [5, 5.41) is 4.27. The summed E-state index contributed by atoms with van der Waals surface area (Å²) in [5.74, 6) is 2.52. The number of hydrogen-bond donors (Lipinski definition) is 1. The van der Waals surface area contributed by atoms with Gasteiger partial charge in [0.15, 0.2) is 11.5 Å².